The third kappa shape index (κ3) is 3.14. The van der Waals surface area contributed by atoms with Gasteiger partial charge in [-0.05, 0) is 27.7 Å². The lowest BCUT2D eigenvalue weighted by Crippen LogP contribution is -2.61. The van der Waals surface area contributed by atoms with E-state index < -0.39 is 5.60 Å². The van der Waals surface area contributed by atoms with Crippen LogP contribution >= 0.6 is 0 Å². The fraction of sp³-hybridized carbons (Fsp3) is 0.923. The van der Waals surface area contributed by atoms with Crippen molar-refractivity contribution in [2.45, 2.75) is 45.4 Å². The minimum Gasteiger partial charge on any atom is -0.444 e. The maximum Gasteiger partial charge on any atom is 0.410 e. The van der Waals surface area contributed by atoms with Gasteiger partial charge in [0.15, 0.2) is 0 Å². The first-order valence-corrected chi connectivity index (χ1v) is 6.68. The van der Waals surface area contributed by atoms with Gasteiger partial charge in [0.2, 0.25) is 0 Å². The zero-order chi connectivity index (χ0) is 13.3. The minimum absolute atomic E-state index is 0.196. The molecule has 0 radical (unpaired) electrons. The van der Waals surface area contributed by atoms with Gasteiger partial charge >= 0.3 is 6.09 Å². The third-order valence-electron chi connectivity index (χ3n) is 3.42. The number of carbonyl (C=O) groups is 1. The van der Waals surface area contributed by atoms with E-state index in [1.54, 1.807) is 0 Å². The molecule has 2 fully saturated rings. The highest BCUT2D eigenvalue weighted by molar-refractivity contribution is 5.68. The Morgan fingerprint density at radius 3 is 2.39 bits per heavy atom. The molecule has 0 aromatic carbocycles. The highest BCUT2D eigenvalue weighted by Gasteiger charge is 2.35. The summed E-state index contributed by atoms with van der Waals surface area (Å²) < 4.78 is 10.6. The van der Waals surface area contributed by atoms with E-state index in [1.807, 2.05) is 25.7 Å². The fourth-order valence-electron chi connectivity index (χ4n) is 2.42. The molecule has 0 aromatic rings. The van der Waals surface area contributed by atoms with E-state index in [0.717, 1.165) is 32.8 Å². The van der Waals surface area contributed by atoms with Crippen molar-refractivity contribution >= 4 is 6.09 Å². The highest BCUT2D eigenvalue weighted by Crippen LogP contribution is 2.19. The molecule has 2 aliphatic heterocycles. The first-order valence-electron chi connectivity index (χ1n) is 6.68. The predicted octanol–water partition coefficient (Wildman–Crippen LogP) is 1.33. The van der Waals surface area contributed by atoms with Gasteiger partial charge in [0.05, 0.1) is 19.3 Å². The van der Waals surface area contributed by atoms with Crippen molar-refractivity contribution in [3.63, 3.8) is 0 Å². The monoisotopic (exact) mass is 256 g/mol. The fourth-order valence-corrected chi connectivity index (χ4v) is 2.42. The largest absolute Gasteiger partial charge is 0.444 e. The second kappa shape index (κ2) is 5.05. The average Bonchev–Trinajstić information content (AvgIpc) is 2.15. The van der Waals surface area contributed by atoms with Crippen LogP contribution in [0.15, 0.2) is 0 Å². The summed E-state index contributed by atoms with van der Waals surface area (Å²) in [5.41, 5.74) is -0.417. The first-order chi connectivity index (χ1) is 8.37. The van der Waals surface area contributed by atoms with Gasteiger partial charge in [-0.2, -0.15) is 0 Å². The summed E-state index contributed by atoms with van der Waals surface area (Å²) >= 11 is 0. The van der Waals surface area contributed by atoms with Gasteiger partial charge < -0.3 is 14.4 Å². The van der Waals surface area contributed by atoms with Gasteiger partial charge in [-0.1, -0.05) is 0 Å². The molecule has 0 saturated carbocycles. The molecule has 5 heteroatoms. The summed E-state index contributed by atoms with van der Waals surface area (Å²) in [6.07, 6.45) is -0.196. The molecule has 1 atom stereocenters. The molecule has 2 saturated heterocycles. The molecule has 2 aliphatic rings. The van der Waals surface area contributed by atoms with Crippen LogP contribution in [0.1, 0.15) is 27.7 Å². The third-order valence-corrected chi connectivity index (χ3v) is 3.42. The number of rotatable bonds is 1. The summed E-state index contributed by atoms with van der Waals surface area (Å²) in [4.78, 5) is 16.2. The van der Waals surface area contributed by atoms with Crippen molar-refractivity contribution < 1.29 is 14.3 Å². The summed E-state index contributed by atoms with van der Waals surface area (Å²) in [5.74, 6) is 0. The van der Waals surface area contributed by atoms with Crippen LogP contribution in [0, 0.1) is 0 Å². The molecule has 0 N–H and O–H groups in total. The van der Waals surface area contributed by atoms with E-state index >= 15 is 0 Å². The van der Waals surface area contributed by atoms with Crippen LogP contribution in [0.5, 0.6) is 0 Å². The molecule has 2 heterocycles. The topological polar surface area (TPSA) is 42.0 Å². The molecule has 0 aliphatic carbocycles. The smallest absolute Gasteiger partial charge is 0.410 e. The Labute approximate surface area is 109 Å². The van der Waals surface area contributed by atoms with Crippen LogP contribution in [0.2, 0.25) is 0 Å². The Bertz CT molecular complexity index is 310. The Balaban J connectivity index is 1.85. The molecule has 18 heavy (non-hydrogen) atoms. The molecule has 0 bridgehead atoms. The standard InChI is InChI=1S/C13H24N2O3/c1-10-7-14(12(16)18-13(2,3)4)5-6-15(10)11-8-17-9-11/h10-11H,5-9H2,1-4H3/t10-/m1/s1. The highest BCUT2D eigenvalue weighted by atomic mass is 16.6. The minimum atomic E-state index is -0.417. The van der Waals surface area contributed by atoms with Gasteiger partial charge in [0.25, 0.3) is 0 Å². The molecule has 0 aromatic heterocycles. The number of ether oxygens (including phenoxy) is 2. The van der Waals surface area contributed by atoms with Crippen molar-refractivity contribution in [1.29, 1.82) is 0 Å². The van der Waals surface area contributed by atoms with Crippen molar-refractivity contribution in [3.05, 3.63) is 0 Å². The van der Waals surface area contributed by atoms with E-state index in [1.165, 1.54) is 0 Å². The summed E-state index contributed by atoms with van der Waals surface area (Å²) in [5, 5.41) is 0. The quantitative estimate of drug-likeness (QED) is 0.710. The number of piperazine rings is 1. The first kappa shape index (κ1) is 13.6. The number of carbonyl (C=O) groups excluding carboxylic acids is 1. The van der Waals surface area contributed by atoms with Crippen LogP contribution in [0.3, 0.4) is 0 Å². The van der Waals surface area contributed by atoms with Crippen LogP contribution < -0.4 is 0 Å². The van der Waals surface area contributed by atoms with Gasteiger partial charge in [0, 0.05) is 25.7 Å². The number of amides is 1. The lowest BCUT2D eigenvalue weighted by atomic mass is 10.1. The van der Waals surface area contributed by atoms with E-state index in [0.29, 0.717) is 12.1 Å². The van der Waals surface area contributed by atoms with E-state index in [-0.39, 0.29) is 6.09 Å². The van der Waals surface area contributed by atoms with Crippen LogP contribution in [0.4, 0.5) is 4.79 Å². The van der Waals surface area contributed by atoms with Gasteiger partial charge in [0.1, 0.15) is 5.60 Å². The number of hydrogen-bond donors (Lipinski definition) is 0. The van der Waals surface area contributed by atoms with Crippen molar-refractivity contribution in [1.82, 2.24) is 9.80 Å². The second-order valence-corrected chi connectivity index (χ2v) is 6.20. The zero-order valence-corrected chi connectivity index (χ0v) is 11.8. The average molecular weight is 256 g/mol. The molecular weight excluding hydrogens is 232 g/mol. The maximum absolute atomic E-state index is 12.0. The molecule has 0 spiro atoms. The number of hydrogen-bond acceptors (Lipinski definition) is 4. The molecular formula is C13H24N2O3. The lowest BCUT2D eigenvalue weighted by molar-refractivity contribution is -0.0934. The van der Waals surface area contributed by atoms with Crippen LogP contribution in [-0.4, -0.2) is 66.4 Å². The van der Waals surface area contributed by atoms with Gasteiger partial charge in [-0.15, -0.1) is 0 Å². The zero-order valence-electron chi connectivity index (χ0n) is 11.8. The Morgan fingerprint density at radius 1 is 1.28 bits per heavy atom. The second-order valence-electron chi connectivity index (χ2n) is 6.20. The Morgan fingerprint density at radius 2 is 1.94 bits per heavy atom. The Kier molecular flexibility index (Phi) is 3.82. The molecule has 5 nitrogen and oxygen atoms in total. The normalized spacial score (nSPS) is 26.9. The summed E-state index contributed by atoms with van der Waals surface area (Å²) in [7, 11) is 0. The molecule has 2 rings (SSSR count). The molecule has 104 valence electrons. The van der Waals surface area contributed by atoms with E-state index in [9.17, 15) is 4.79 Å². The summed E-state index contributed by atoms with van der Waals surface area (Å²) in [6.45, 7) is 11.9. The van der Waals surface area contributed by atoms with Crippen LogP contribution in [0.25, 0.3) is 0 Å². The van der Waals surface area contributed by atoms with Gasteiger partial charge in [-0.3, -0.25) is 4.90 Å². The van der Waals surface area contributed by atoms with Crippen molar-refractivity contribution in [2.75, 3.05) is 32.8 Å². The summed E-state index contributed by atoms with van der Waals surface area (Å²) in [6, 6.07) is 0.918. The molecule has 1 amide bonds. The SMILES string of the molecule is C[C@@H]1CN(C(=O)OC(C)(C)C)CCN1C1COC1. The van der Waals surface area contributed by atoms with Crippen molar-refractivity contribution in [3.8, 4) is 0 Å². The molecule has 0 unspecified atom stereocenters. The number of nitrogens with zero attached hydrogens (tertiary/aromatic N) is 2. The lowest BCUT2D eigenvalue weighted by Gasteiger charge is -2.46. The van der Waals surface area contributed by atoms with E-state index in [4.69, 9.17) is 9.47 Å². The predicted molar refractivity (Wildman–Crippen MR) is 68.6 cm³/mol. The maximum atomic E-state index is 12.0. The van der Waals surface area contributed by atoms with E-state index in [2.05, 4.69) is 11.8 Å². The van der Waals surface area contributed by atoms with Gasteiger partial charge in [-0.25, -0.2) is 4.79 Å². The van der Waals surface area contributed by atoms with Crippen LogP contribution in [-0.2, 0) is 9.47 Å². The van der Waals surface area contributed by atoms with Crippen molar-refractivity contribution in [2.24, 2.45) is 0 Å². The Hall–Kier alpha value is -0.810.